The maximum Gasteiger partial charge on any atom is 0.255 e. The molecule has 1 aliphatic rings. The van der Waals surface area contributed by atoms with E-state index < -0.39 is 0 Å². The van der Waals surface area contributed by atoms with Crippen molar-refractivity contribution in [2.45, 2.75) is 32.6 Å². The third kappa shape index (κ3) is 3.75. The lowest BCUT2D eigenvalue weighted by atomic mass is 9.92. The summed E-state index contributed by atoms with van der Waals surface area (Å²) in [6.07, 6.45) is 6.39. The fourth-order valence-corrected chi connectivity index (χ4v) is 3.26. The lowest BCUT2D eigenvalue weighted by Gasteiger charge is -2.33. The molecule has 1 atom stereocenters. The molecule has 3 rings (SSSR count). The standard InChI is InChI=1S/C18H23N5O2/c1-3-5-16(24)13-6-4-9-23(11-13)18-21-15(10-17(25)22(18)2)14-7-8-19-12-20-14/h7-8,10,12-13H,3-6,9,11H2,1-2H3. The van der Waals surface area contributed by atoms with Crippen molar-refractivity contribution in [1.82, 2.24) is 19.5 Å². The summed E-state index contributed by atoms with van der Waals surface area (Å²) < 4.78 is 1.54. The highest BCUT2D eigenvalue weighted by Gasteiger charge is 2.27. The monoisotopic (exact) mass is 341 g/mol. The zero-order valence-electron chi connectivity index (χ0n) is 14.7. The Balaban J connectivity index is 1.92. The predicted octanol–water partition coefficient (Wildman–Crippen LogP) is 1.82. The van der Waals surface area contributed by atoms with Gasteiger partial charge in [-0.1, -0.05) is 6.92 Å². The summed E-state index contributed by atoms with van der Waals surface area (Å²) in [5.41, 5.74) is 1.01. The molecule has 0 radical (unpaired) electrons. The second-order valence-corrected chi connectivity index (χ2v) is 6.43. The minimum absolute atomic E-state index is 0.0216. The number of aromatic nitrogens is 4. The van der Waals surface area contributed by atoms with Crippen LogP contribution in [0, 0.1) is 5.92 Å². The molecule has 0 spiro atoms. The van der Waals surface area contributed by atoms with Gasteiger partial charge in [0.25, 0.3) is 5.56 Å². The van der Waals surface area contributed by atoms with Crippen LogP contribution in [0.2, 0.25) is 0 Å². The molecule has 1 fully saturated rings. The molecule has 1 unspecified atom stereocenters. The highest BCUT2D eigenvalue weighted by Crippen LogP contribution is 2.24. The number of piperidine rings is 1. The molecule has 7 heteroatoms. The molecule has 0 N–H and O–H groups in total. The Morgan fingerprint density at radius 2 is 2.20 bits per heavy atom. The molecule has 1 saturated heterocycles. The first-order valence-corrected chi connectivity index (χ1v) is 8.72. The summed E-state index contributed by atoms with van der Waals surface area (Å²) in [5, 5.41) is 0. The minimum Gasteiger partial charge on any atom is -0.341 e. The zero-order chi connectivity index (χ0) is 17.8. The van der Waals surface area contributed by atoms with Gasteiger partial charge in [-0.05, 0) is 25.3 Å². The Bertz CT molecular complexity index is 803. The molecular formula is C18H23N5O2. The summed E-state index contributed by atoms with van der Waals surface area (Å²) in [4.78, 5) is 39.4. The van der Waals surface area contributed by atoms with Crippen LogP contribution in [0.1, 0.15) is 32.6 Å². The molecule has 2 aromatic rings. The van der Waals surface area contributed by atoms with Gasteiger partial charge in [-0.25, -0.2) is 15.0 Å². The minimum atomic E-state index is -0.138. The average molecular weight is 341 g/mol. The van der Waals surface area contributed by atoms with Crippen LogP contribution in [0.3, 0.4) is 0 Å². The summed E-state index contributed by atoms with van der Waals surface area (Å²) >= 11 is 0. The Kier molecular flexibility index (Phi) is 5.21. The Hall–Kier alpha value is -2.57. The first-order valence-electron chi connectivity index (χ1n) is 8.72. The number of ketones is 1. The number of carbonyl (C=O) groups is 1. The fraction of sp³-hybridized carbons (Fsp3) is 0.500. The molecular weight excluding hydrogens is 318 g/mol. The lowest BCUT2D eigenvalue weighted by Crippen LogP contribution is -2.41. The average Bonchev–Trinajstić information content (AvgIpc) is 2.65. The van der Waals surface area contributed by atoms with E-state index in [2.05, 4.69) is 15.0 Å². The second kappa shape index (κ2) is 7.55. The number of anilines is 1. The molecule has 3 heterocycles. The maximum atomic E-state index is 12.4. The van der Waals surface area contributed by atoms with Crippen LogP contribution in [0.15, 0.2) is 29.5 Å². The summed E-state index contributed by atoms with van der Waals surface area (Å²) in [6, 6.07) is 3.21. The lowest BCUT2D eigenvalue weighted by molar-refractivity contribution is -0.123. The van der Waals surface area contributed by atoms with E-state index in [9.17, 15) is 9.59 Å². The molecule has 0 bridgehead atoms. The number of carbonyl (C=O) groups excluding carboxylic acids is 1. The van der Waals surface area contributed by atoms with Crippen molar-refractivity contribution in [1.29, 1.82) is 0 Å². The largest absolute Gasteiger partial charge is 0.341 e. The van der Waals surface area contributed by atoms with Crippen LogP contribution in [0.4, 0.5) is 5.95 Å². The Morgan fingerprint density at radius 1 is 1.36 bits per heavy atom. The quantitative estimate of drug-likeness (QED) is 0.825. The van der Waals surface area contributed by atoms with Crippen LogP contribution in [0.25, 0.3) is 11.4 Å². The number of hydrogen-bond acceptors (Lipinski definition) is 6. The van der Waals surface area contributed by atoms with Crippen molar-refractivity contribution in [2.24, 2.45) is 13.0 Å². The van der Waals surface area contributed by atoms with Crippen molar-refractivity contribution >= 4 is 11.7 Å². The summed E-state index contributed by atoms with van der Waals surface area (Å²) in [5.74, 6) is 0.924. The molecule has 132 valence electrons. The van der Waals surface area contributed by atoms with Crippen LogP contribution < -0.4 is 10.5 Å². The van der Waals surface area contributed by atoms with E-state index in [4.69, 9.17) is 0 Å². The second-order valence-electron chi connectivity index (χ2n) is 6.43. The zero-order valence-corrected chi connectivity index (χ0v) is 14.7. The highest BCUT2D eigenvalue weighted by molar-refractivity contribution is 5.81. The van der Waals surface area contributed by atoms with Crippen molar-refractivity contribution < 1.29 is 4.79 Å². The van der Waals surface area contributed by atoms with E-state index in [1.807, 2.05) is 11.8 Å². The van der Waals surface area contributed by atoms with Crippen molar-refractivity contribution in [2.75, 3.05) is 18.0 Å². The third-order valence-corrected chi connectivity index (χ3v) is 4.61. The highest BCUT2D eigenvalue weighted by atomic mass is 16.1. The van der Waals surface area contributed by atoms with Crippen LogP contribution >= 0.6 is 0 Å². The molecule has 1 aliphatic heterocycles. The van der Waals surface area contributed by atoms with E-state index >= 15 is 0 Å². The topological polar surface area (TPSA) is 81.0 Å². The van der Waals surface area contributed by atoms with Gasteiger partial charge in [0.1, 0.15) is 12.1 Å². The third-order valence-electron chi connectivity index (χ3n) is 4.61. The van der Waals surface area contributed by atoms with Crippen LogP contribution in [-0.4, -0.2) is 38.4 Å². The van der Waals surface area contributed by atoms with Gasteiger partial charge in [-0.3, -0.25) is 14.2 Å². The number of nitrogens with zero attached hydrogens (tertiary/aromatic N) is 5. The van der Waals surface area contributed by atoms with E-state index in [1.165, 1.54) is 17.0 Å². The van der Waals surface area contributed by atoms with Crippen molar-refractivity contribution in [3.05, 3.63) is 35.0 Å². The molecule has 0 aliphatic carbocycles. The van der Waals surface area contributed by atoms with Gasteiger partial charge >= 0.3 is 0 Å². The van der Waals surface area contributed by atoms with E-state index in [1.54, 1.807) is 19.3 Å². The molecule has 0 amide bonds. The van der Waals surface area contributed by atoms with Crippen LogP contribution in [-0.2, 0) is 11.8 Å². The Labute approximate surface area is 146 Å². The van der Waals surface area contributed by atoms with Gasteiger partial charge < -0.3 is 4.90 Å². The number of hydrogen-bond donors (Lipinski definition) is 0. The van der Waals surface area contributed by atoms with Gasteiger partial charge in [0.2, 0.25) is 5.95 Å². The molecule has 25 heavy (non-hydrogen) atoms. The molecule has 0 aromatic carbocycles. The fourth-order valence-electron chi connectivity index (χ4n) is 3.26. The van der Waals surface area contributed by atoms with Gasteiger partial charge in [-0.15, -0.1) is 0 Å². The van der Waals surface area contributed by atoms with Gasteiger partial charge in [0, 0.05) is 44.7 Å². The SMILES string of the molecule is CCCC(=O)C1CCCN(c2nc(-c3ccncn3)cc(=O)n2C)C1. The molecule has 2 aromatic heterocycles. The van der Waals surface area contributed by atoms with E-state index in [-0.39, 0.29) is 11.5 Å². The molecule has 0 saturated carbocycles. The Morgan fingerprint density at radius 3 is 2.92 bits per heavy atom. The summed E-state index contributed by atoms with van der Waals surface area (Å²) in [7, 11) is 1.71. The van der Waals surface area contributed by atoms with Gasteiger partial charge in [0.15, 0.2) is 0 Å². The van der Waals surface area contributed by atoms with Gasteiger partial charge in [-0.2, -0.15) is 0 Å². The normalized spacial score (nSPS) is 17.5. The number of rotatable bonds is 5. The number of Topliss-reactive ketones (excluding diaryl/α,β-unsaturated/α-hetero) is 1. The van der Waals surface area contributed by atoms with Gasteiger partial charge in [0.05, 0.1) is 11.4 Å². The van der Waals surface area contributed by atoms with E-state index in [0.717, 1.165) is 25.8 Å². The first-order chi connectivity index (χ1) is 12.1. The van der Waals surface area contributed by atoms with Crippen molar-refractivity contribution in [3.8, 4) is 11.4 Å². The van der Waals surface area contributed by atoms with Crippen LogP contribution in [0.5, 0.6) is 0 Å². The maximum absolute atomic E-state index is 12.4. The smallest absolute Gasteiger partial charge is 0.255 e. The first kappa shape index (κ1) is 17.3. The predicted molar refractivity (Wildman–Crippen MR) is 95.4 cm³/mol. The van der Waals surface area contributed by atoms with Crippen molar-refractivity contribution in [3.63, 3.8) is 0 Å². The summed E-state index contributed by atoms with van der Waals surface area (Å²) in [6.45, 7) is 3.44. The van der Waals surface area contributed by atoms with E-state index in [0.29, 0.717) is 36.1 Å². The molecule has 7 nitrogen and oxygen atoms in total.